The number of rotatable bonds is 6. The molecule has 1 aromatic heterocycles. The van der Waals surface area contributed by atoms with Crippen LogP contribution in [-0.4, -0.2) is 28.9 Å². The summed E-state index contributed by atoms with van der Waals surface area (Å²) in [6.07, 6.45) is 2.24. The van der Waals surface area contributed by atoms with Gasteiger partial charge in [-0.1, -0.05) is 18.2 Å². The van der Waals surface area contributed by atoms with E-state index in [9.17, 15) is 4.79 Å². The Morgan fingerprint density at radius 1 is 1.29 bits per heavy atom. The number of nitriles is 1. The molecule has 3 rings (SSSR count). The average Bonchev–Trinajstić information content (AvgIpc) is 3.14. The van der Waals surface area contributed by atoms with Crippen molar-refractivity contribution in [1.29, 1.82) is 5.26 Å². The highest BCUT2D eigenvalue weighted by atomic mass is 16.1. The number of likely N-dealkylation sites (tertiary alicyclic amines) is 1. The molecule has 0 unspecified atom stereocenters. The number of benzene rings is 1. The van der Waals surface area contributed by atoms with Crippen LogP contribution < -0.4 is 5.73 Å². The van der Waals surface area contributed by atoms with Gasteiger partial charge in [-0.05, 0) is 69.9 Å². The highest BCUT2D eigenvalue weighted by Gasteiger charge is 2.47. The molecule has 146 valence electrons. The van der Waals surface area contributed by atoms with Gasteiger partial charge in [0.1, 0.15) is 0 Å². The van der Waals surface area contributed by atoms with Crippen molar-refractivity contribution in [3.05, 3.63) is 65.0 Å². The van der Waals surface area contributed by atoms with Crippen molar-refractivity contribution in [3.8, 4) is 6.07 Å². The lowest BCUT2D eigenvalue weighted by atomic mass is 9.80. The molecule has 0 bridgehead atoms. The molecule has 1 saturated heterocycles. The number of pyridine rings is 1. The largest absolute Gasteiger partial charge is 0.369 e. The van der Waals surface area contributed by atoms with E-state index < -0.39 is 5.41 Å². The lowest BCUT2D eigenvalue weighted by Crippen LogP contribution is -2.45. The summed E-state index contributed by atoms with van der Waals surface area (Å²) in [5.74, 6) is -0.225. The summed E-state index contributed by atoms with van der Waals surface area (Å²) in [6, 6.07) is 15.8. The maximum Gasteiger partial charge on any atom is 0.224 e. The first-order valence-electron chi connectivity index (χ1n) is 9.75. The summed E-state index contributed by atoms with van der Waals surface area (Å²) < 4.78 is 0. The Morgan fingerprint density at radius 3 is 2.61 bits per heavy atom. The van der Waals surface area contributed by atoms with Crippen LogP contribution in [0.1, 0.15) is 49.2 Å². The fourth-order valence-electron chi connectivity index (χ4n) is 4.05. The summed E-state index contributed by atoms with van der Waals surface area (Å²) in [4.78, 5) is 19.5. The van der Waals surface area contributed by atoms with Gasteiger partial charge in [0.15, 0.2) is 0 Å². The van der Waals surface area contributed by atoms with E-state index in [1.54, 1.807) is 0 Å². The van der Waals surface area contributed by atoms with E-state index in [2.05, 4.69) is 24.8 Å². The van der Waals surface area contributed by atoms with Crippen molar-refractivity contribution in [2.75, 3.05) is 13.1 Å². The number of nitrogens with two attached hydrogens (primary N) is 1. The van der Waals surface area contributed by atoms with Crippen LogP contribution in [-0.2, 0) is 16.8 Å². The fraction of sp³-hybridized carbons (Fsp3) is 0.435. The van der Waals surface area contributed by atoms with Crippen LogP contribution in [0.15, 0.2) is 42.5 Å². The Kier molecular flexibility index (Phi) is 5.53. The molecule has 0 spiro atoms. The minimum atomic E-state index is -0.533. The standard InChI is InChI=1S/C23H28N4O/c1-17-5-4-6-20(26-17)22(2,3)27-14-13-23(16-27,21(25)28)12-11-18-7-9-19(15-24)10-8-18/h4-10H,11-14,16H2,1-3H3,(H2,25,28)/t23-/m1/s1. The van der Waals surface area contributed by atoms with E-state index in [1.165, 1.54) is 0 Å². The molecular weight excluding hydrogens is 348 g/mol. The molecule has 5 heteroatoms. The molecule has 1 aromatic carbocycles. The lowest BCUT2D eigenvalue weighted by Gasteiger charge is -2.37. The number of hydrogen-bond acceptors (Lipinski definition) is 4. The van der Waals surface area contributed by atoms with E-state index in [0.717, 1.165) is 36.3 Å². The van der Waals surface area contributed by atoms with Crippen molar-refractivity contribution in [3.63, 3.8) is 0 Å². The van der Waals surface area contributed by atoms with Crippen LogP contribution in [0, 0.1) is 23.7 Å². The molecule has 0 saturated carbocycles. The Balaban J connectivity index is 1.75. The molecule has 1 atom stereocenters. The quantitative estimate of drug-likeness (QED) is 0.838. The van der Waals surface area contributed by atoms with E-state index in [1.807, 2.05) is 49.4 Å². The zero-order chi connectivity index (χ0) is 20.4. The number of carbonyl (C=O) groups is 1. The van der Waals surface area contributed by atoms with Crippen LogP contribution in [0.5, 0.6) is 0 Å². The monoisotopic (exact) mass is 376 g/mol. The van der Waals surface area contributed by atoms with Gasteiger partial charge < -0.3 is 5.73 Å². The van der Waals surface area contributed by atoms with Gasteiger partial charge in [-0.25, -0.2) is 0 Å². The maximum absolute atomic E-state index is 12.4. The highest BCUT2D eigenvalue weighted by molar-refractivity contribution is 5.81. The molecule has 0 radical (unpaired) electrons. The van der Waals surface area contributed by atoms with Gasteiger partial charge in [-0.3, -0.25) is 14.7 Å². The van der Waals surface area contributed by atoms with E-state index in [4.69, 9.17) is 16.0 Å². The number of hydrogen-bond donors (Lipinski definition) is 1. The summed E-state index contributed by atoms with van der Waals surface area (Å²) in [5, 5.41) is 8.94. The van der Waals surface area contributed by atoms with Crippen LogP contribution in [0.3, 0.4) is 0 Å². The zero-order valence-corrected chi connectivity index (χ0v) is 16.9. The summed E-state index contributed by atoms with van der Waals surface area (Å²) in [5.41, 5.74) is 8.86. The van der Waals surface area contributed by atoms with Crippen LogP contribution in [0.25, 0.3) is 0 Å². The second-order valence-corrected chi connectivity index (χ2v) is 8.35. The Hall–Kier alpha value is -2.71. The van der Waals surface area contributed by atoms with Gasteiger partial charge in [-0.15, -0.1) is 0 Å². The smallest absolute Gasteiger partial charge is 0.224 e. The number of carbonyl (C=O) groups excluding carboxylic acids is 1. The van der Waals surface area contributed by atoms with Crippen molar-refractivity contribution >= 4 is 5.91 Å². The predicted octanol–water partition coefficient (Wildman–Crippen LogP) is 3.31. The molecule has 2 heterocycles. The molecule has 5 nitrogen and oxygen atoms in total. The fourth-order valence-corrected chi connectivity index (χ4v) is 4.05. The Bertz CT molecular complexity index is 898. The van der Waals surface area contributed by atoms with Gasteiger partial charge in [-0.2, -0.15) is 5.26 Å². The van der Waals surface area contributed by atoms with Gasteiger partial charge in [0.05, 0.1) is 28.3 Å². The number of aromatic nitrogens is 1. The molecular formula is C23H28N4O. The zero-order valence-electron chi connectivity index (χ0n) is 16.9. The molecule has 2 N–H and O–H groups in total. The minimum Gasteiger partial charge on any atom is -0.369 e. The molecule has 1 aliphatic heterocycles. The van der Waals surface area contributed by atoms with Gasteiger partial charge in [0.25, 0.3) is 0 Å². The minimum absolute atomic E-state index is 0.225. The number of amides is 1. The predicted molar refractivity (Wildman–Crippen MR) is 109 cm³/mol. The van der Waals surface area contributed by atoms with E-state index in [0.29, 0.717) is 18.5 Å². The highest BCUT2D eigenvalue weighted by Crippen LogP contribution is 2.41. The van der Waals surface area contributed by atoms with E-state index >= 15 is 0 Å². The molecule has 2 aromatic rings. The average molecular weight is 377 g/mol. The van der Waals surface area contributed by atoms with Crippen molar-refractivity contribution in [2.24, 2.45) is 11.1 Å². The van der Waals surface area contributed by atoms with Crippen molar-refractivity contribution < 1.29 is 4.79 Å². The van der Waals surface area contributed by atoms with Crippen LogP contribution in [0.2, 0.25) is 0 Å². The number of nitrogens with zero attached hydrogens (tertiary/aromatic N) is 3. The first-order valence-corrected chi connectivity index (χ1v) is 9.75. The van der Waals surface area contributed by atoms with Gasteiger partial charge in [0, 0.05) is 18.8 Å². The molecule has 1 aliphatic rings. The second-order valence-electron chi connectivity index (χ2n) is 8.35. The third-order valence-electron chi connectivity index (χ3n) is 6.16. The summed E-state index contributed by atoms with van der Waals surface area (Å²) >= 11 is 0. The lowest BCUT2D eigenvalue weighted by molar-refractivity contribution is -0.127. The van der Waals surface area contributed by atoms with Gasteiger partial charge in [0.2, 0.25) is 5.91 Å². The number of primary amides is 1. The Labute approximate surface area is 167 Å². The molecule has 28 heavy (non-hydrogen) atoms. The summed E-state index contributed by atoms with van der Waals surface area (Å²) in [6.45, 7) is 7.77. The third-order valence-corrected chi connectivity index (χ3v) is 6.16. The molecule has 1 amide bonds. The van der Waals surface area contributed by atoms with Crippen LogP contribution in [0.4, 0.5) is 0 Å². The third kappa shape index (κ3) is 3.93. The molecule has 1 fully saturated rings. The maximum atomic E-state index is 12.4. The molecule has 0 aliphatic carbocycles. The first kappa shape index (κ1) is 20.0. The normalized spacial score (nSPS) is 20.1. The van der Waals surface area contributed by atoms with E-state index in [-0.39, 0.29) is 11.4 Å². The van der Waals surface area contributed by atoms with Crippen molar-refractivity contribution in [1.82, 2.24) is 9.88 Å². The topological polar surface area (TPSA) is 83.0 Å². The SMILES string of the molecule is Cc1cccc(C(C)(C)N2CC[C@@](CCc3ccc(C#N)cc3)(C(N)=O)C2)n1. The number of aryl methyl sites for hydroxylation is 2. The van der Waals surface area contributed by atoms with Crippen LogP contribution >= 0.6 is 0 Å². The Morgan fingerprint density at radius 2 is 2.00 bits per heavy atom. The summed E-state index contributed by atoms with van der Waals surface area (Å²) in [7, 11) is 0. The van der Waals surface area contributed by atoms with Gasteiger partial charge >= 0.3 is 0 Å². The second kappa shape index (κ2) is 7.73. The first-order chi connectivity index (χ1) is 13.3. The van der Waals surface area contributed by atoms with Crippen molar-refractivity contribution in [2.45, 2.75) is 45.6 Å².